The van der Waals surface area contributed by atoms with Crippen molar-refractivity contribution in [2.24, 2.45) is 0 Å². The summed E-state index contributed by atoms with van der Waals surface area (Å²) < 4.78 is 3.42. The Morgan fingerprint density at radius 3 is 2.18 bits per heavy atom. The highest BCUT2D eigenvalue weighted by Gasteiger charge is 2.54. The van der Waals surface area contributed by atoms with E-state index in [4.69, 9.17) is 11.6 Å². The first-order valence-corrected chi connectivity index (χ1v) is 8.70. The van der Waals surface area contributed by atoms with E-state index in [-0.39, 0.29) is 11.8 Å². The SMILES string of the molecule is CN1C(=O)c2ccccc2S12c1ccc(Cl)cc1C(=O)N2C. The lowest BCUT2D eigenvalue weighted by Gasteiger charge is -2.44. The number of benzene rings is 2. The molecule has 0 aliphatic carbocycles. The van der Waals surface area contributed by atoms with E-state index in [0.29, 0.717) is 16.1 Å². The number of carbonyl (C=O) groups excluding carboxylic acids is 2. The molecule has 2 amide bonds. The van der Waals surface area contributed by atoms with E-state index in [1.807, 2.05) is 30.3 Å². The van der Waals surface area contributed by atoms with Crippen LogP contribution in [0.25, 0.3) is 0 Å². The Morgan fingerprint density at radius 2 is 1.45 bits per heavy atom. The van der Waals surface area contributed by atoms with Crippen LogP contribution in [-0.4, -0.2) is 34.5 Å². The van der Waals surface area contributed by atoms with Crippen LogP contribution in [0, 0.1) is 0 Å². The molecule has 2 aliphatic rings. The third kappa shape index (κ3) is 1.36. The lowest BCUT2D eigenvalue weighted by molar-refractivity contribution is 0.0878. The number of carbonyl (C=O) groups is 2. The molecule has 0 saturated carbocycles. The second-order valence-corrected chi connectivity index (χ2v) is 8.80. The van der Waals surface area contributed by atoms with Crippen LogP contribution in [-0.2, 0) is 0 Å². The average molecular weight is 333 g/mol. The number of hydrogen-bond donors (Lipinski definition) is 0. The summed E-state index contributed by atoms with van der Waals surface area (Å²) in [7, 11) is 1.52. The molecular formula is C16H13ClN2O2S. The molecular weight excluding hydrogens is 320 g/mol. The zero-order valence-corrected chi connectivity index (χ0v) is 13.6. The Hall–Kier alpha value is -1.98. The number of amides is 2. The zero-order chi connectivity index (χ0) is 15.6. The quantitative estimate of drug-likeness (QED) is 0.740. The molecule has 4 rings (SSSR count). The molecule has 0 aromatic heterocycles. The maximum Gasteiger partial charge on any atom is 0.265 e. The summed E-state index contributed by atoms with van der Waals surface area (Å²) in [5.74, 6) is -0.142. The highest BCUT2D eigenvalue weighted by atomic mass is 35.5. The van der Waals surface area contributed by atoms with Gasteiger partial charge in [0.2, 0.25) is 0 Å². The van der Waals surface area contributed by atoms with E-state index in [0.717, 1.165) is 9.79 Å². The van der Waals surface area contributed by atoms with Gasteiger partial charge in [-0.1, -0.05) is 23.7 Å². The molecule has 1 unspecified atom stereocenters. The highest BCUT2D eigenvalue weighted by Crippen LogP contribution is 2.74. The van der Waals surface area contributed by atoms with E-state index >= 15 is 0 Å². The van der Waals surface area contributed by atoms with E-state index in [9.17, 15) is 9.59 Å². The normalized spacial score (nSPS) is 25.4. The third-order valence-electron chi connectivity index (χ3n) is 4.27. The van der Waals surface area contributed by atoms with Gasteiger partial charge in [-0.3, -0.25) is 18.2 Å². The van der Waals surface area contributed by atoms with Gasteiger partial charge in [-0.05, 0) is 40.7 Å². The second-order valence-electron chi connectivity index (χ2n) is 5.29. The minimum atomic E-state index is -2.01. The van der Waals surface area contributed by atoms with Crippen molar-refractivity contribution >= 4 is 33.8 Å². The van der Waals surface area contributed by atoms with Crippen molar-refractivity contribution in [3.63, 3.8) is 0 Å². The molecule has 2 aliphatic heterocycles. The molecule has 0 N–H and O–H groups in total. The van der Waals surface area contributed by atoms with Crippen LogP contribution in [0.3, 0.4) is 0 Å². The van der Waals surface area contributed by atoms with Crippen LogP contribution in [0.15, 0.2) is 52.3 Å². The first-order valence-electron chi connectivity index (χ1n) is 6.78. The standard InChI is InChI=1S/C16H13ClN2O2S/c1-18-15(20)11-5-3-4-6-13(11)22(18)14-8-7-10(17)9-12(14)16(21)19(22)2/h3-9H,1-2H3. The number of fused-ring (bicyclic) bond motifs is 4. The van der Waals surface area contributed by atoms with Crippen LogP contribution in [0.2, 0.25) is 5.02 Å². The summed E-state index contributed by atoms with van der Waals surface area (Å²) in [6, 6.07) is 12.9. The van der Waals surface area contributed by atoms with Gasteiger partial charge in [0.05, 0.1) is 11.1 Å². The van der Waals surface area contributed by atoms with E-state index in [2.05, 4.69) is 0 Å². The lowest BCUT2D eigenvalue weighted by Crippen LogP contribution is -2.33. The average Bonchev–Trinajstić information content (AvgIpc) is 2.88. The predicted molar refractivity (Wildman–Crippen MR) is 86.2 cm³/mol. The first-order chi connectivity index (χ1) is 10.5. The fourth-order valence-corrected chi connectivity index (χ4v) is 7.35. The largest absolute Gasteiger partial charge is 0.280 e. The fourth-order valence-electron chi connectivity index (χ4n) is 3.28. The van der Waals surface area contributed by atoms with Crippen molar-refractivity contribution in [3.8, 4) is 0 Å². The summed E-state index contributed by atoms with van der Waals surface area (Å²) in [6.45, 7) is 0. The number of hydrogen-bond acceptors (Lipinski definition) is 2. The van der Waals surface area contributed by atoms with Crippen LogP contribution in [0.1, 0.15) is 20.7 Å². The molecule has 0 radical (unpaired) electrons. The van der Waals surface area contributed by atoms with E-state index < -0.39 is 10.4 Å². The van der Waals surface area contributed by atoms with Crippen LogP contribution < -0.4 is 0 Å². The number of nitrogens with zero attached hydrogens (tertiary/aromatic N) is 2. The monoisotopic (exact) mass is 332 g/mol. The Balaban J connectivity index is 2.12. The molecule has 0 bridgehead atoms. The Labute approximate surface area is 134 Å². The van der Waals surface area contributed by atoms with Crippen molar-refractivity contribution in [1.29, 1.82) is 0 Å². The van der Waals surface area contributed by atoms with Gasteiger partial charge < -0.3 is 0 Å². The maximum absolute atomic E-state index is 12.7. The number of halogens is 1. The molecule has 6 heteroatoms. The zero-order valence-electron chi connectivity index (χ0n) is 12.0. The van der Waals surface area contributed by atoms with Crippen LogP contribution in [0.4, 0.5) is 0 Å². The topological polar surface area (TPSA) is 40.6 Å². The van der Waals surface area contributed by atoms with E-state index in [1.165, 1.54) is 0 Å². The van der Waals surface area contributed by atoms with Gasteiger partial charge in [0.15, 0.2) is 0 Å². The minimum Gasteiger partial charge on any atom is -0.280 e. The third-order valence-corrected chi connectivity index (χ3v) is 8.36. The van der Waals surface area contributed by atoms with Crippen molar-refractivity contribution in [2.75, 3.05) is 14.1 Å². The van der Waals surface area contributed by atoms with Gasteiger partial charge >= 0.3 is 0 Å². The molecule has 2 aromatic rings. The smallest absolute Gasteiger partial charge is 0.265 e. The first kappa shape index (κ1) is 13.7. The summed E-state index contributed by atoms with van der Waals surface area (Å²) in [5, 5.41) is 0.525. The summed E-state index contributed by atoms with van der Waals surface area (Å²) in [6.07, 6.45) is 0. The lowest BCUT2D eigenvalue weighted by atomic mass is 10.2. The molecule has 4 nitrogen and oxygen atoms in total. The van der Waals surface area contributed by atoms with Gasteiger partial charge in [-0.25, -0.2) is 0 Å². The van der Waals surface area contributed by atoms with Crippen molar-refractivity contribution < 1.29 is 9.59 Å². The molecule has 2 heterocycles. The van der Waals surface area contributed by atoms with Gasteiger partial charge in [0.1, 0.15) is 0 Å². The number of rotatable bonds is 0. The van der Waals surface area contributed by atoms with Crippen molar-refractivity contribution in [3.05, 3.63) is 58.6 Å². The van der Waals surface area contributed by atoms with Gasteiger partial charge in [0.25, 0.3) is 11.8 Å². The van der Waals surface area contributed by atoms with Crippen molar-refractivity contribution in [2.45, 2.75) is 9.79 Å². The predicted octanol–water partition coefficient (Wildman–Crippen LogP) is 3.56. The van der Waals surface area contributed by atoms with Crippen LogP contribution >= 0.6 is 22.0 Å². The minimum absolute atomic E-state index is 0.0481. The molecule has 112 valence electrons. The summed E-state index contributed by atoms with van der Waals surface area (Å²) in [5.41, 5.74) is 1.25. The second kappa shape index (κ2) is 4.27. The Kier molecular flexibility index (Phi) is 2.65. The van der Waals surface area contributed by atoms with Crippen LogP contribution in [0.5, 0.6) is 0 Å². The maximum atomic E-state index is 12.7. The van der Waals surface area contributed by atoms with Crippen molar-refractivity contribution in [1.82, 2.24) is 8.61 Å². The molecule has 0 saturated heterocycles. The molecule has 2 aromatic carbocycles. The summed E-state index contributed by atoms with van der Waals surface area (Å²) >= 11 is 6.05. The van der Waals surface area contributed by atoms with Gasteiger partial charge in [0, 0.05) is 28.9 Å². The highest BCUT2D eigenvalue weighted by molar-refractivity contribution is 8.31. The van der Waals surface area contributed by atoms with E-state index in [1.54, 1.807) is 34.8 Å². The Bertz CT molecular complexity index is 854. The van der Waals surface area contributed by atoms with Gasteiger partial charge in [-0.2, -0.15) is 0 Å². The Morgan fingerprint density at radius 1 is 0.864 bits per heavy atom. The molecule has 1 spiro atoms. The molecule has 1 atom stereocenters. The fraction of sp³-hybridized carbons (Fsp3) is 0.125. The molecule has 22 heavy (non-hydrogen) atoms. The van der Waals surface area contributed by atoms with Gasteiger partial charge in [-0.15, -0.1) is 0 Å². The molecule has 0 fully saturated rings. The summed E-state index contributed by atoms with van der Waals surface area (Å²) in [4.78, 5) is 27.2.